The van der Waals surface area contributed by atoms with E-state index in [0.717, 1.165) is 0 Å². The number of aliphatic carboxylic acids is 1. The zero-order valence-electron chi connectivity index (χ0n) is 29.0. The van der Waals surface area contributed by atoms with Gasteiger partial charge in [0.1, 0.15) is 30.2 Å². The van der Waals surface area contributed by atoms with E-state index in [2.05, 4.69) is 26.6 Å². The maximum Gasteiger partial charge on any atom is 0.325 e. The molecule has 0 spiro atoms. The van der Waals surface area contributed by atoms with E-state index in [9.17, 15) is 38.4 Å². The normalized spacial score (nSPS) is 18.7. The van der Waals surface area contributed by atoms with Gasteiger partial charge in [0.05, 0.1) is 19.0 Å². The Balaban J connectivity index is 3.04. The van der Waals surface area contributed by atoms with Crippen molar-refractivity contribution in [2.75, 3.05) is 13.1 Å². The standard InChI is InChI=1S/C31H54N8O9/c1-8-16(5)24(28(44)34-14-22(41)39-12-10-11-20(39)27(43)35-18(7)31(47)48)37-30(46)25(17(6)9-2)38-29(45)23(15(3)4)36-26(42)19(32)13-21(33)40/h15-20,23-25H,8-14,32H2,1-7H3,(H2,33,40)(H,34,44)(H,35,43)(H,36,42)(H,37,46)(H,38,45)(H,47,48)/t16-,17-,18-,19-,20-,23-,24-,25-/m0/s1. The molecule has 1 heterocycles. The van der Waals surface area contributed by atoms with E-state index in [0.29, 0.717) is 25.7 Å². The number of carboxylic acid groups (broad SMARTS) is 1. The molecule has 0 unspecified atom stereocenters. The van der Waals surface area contributed by atoms with Crippen LogP contribution in [0.2, 0.25) is 0 Å². The average molecular weight is 683 g/mol. The molecular formula is C31H54N8O9. The number of nitrogens with two attached hydrogens (primary N) is 2. The fourth-order valence-electron chi connectivity index (χ4n) is 5.08. The second kappa shape index (κ2) is 19.5. The lowest BCUT2D eigenvalue weighted by atomic mass is 9.94. The molecule has 48 heavy (non-hydrogen) atoms. The Bertz CT molecular complexity index is 1200. The summed E-state index contributed by atoms with van der Waals surface area (Å²) in [4.78, 5) is 102. The van der Waals surface area contributed by atoms with E-state index < -0.39 is 102 Å². The number of nitrogens with zero attached hydrogens (tertiary/aromatic N) is 1. The van der Waals surface area contributed by atoms with Gasteiger partial charge in [-0.1, -0.05) is 54.4 Å². The summed E-state index contributed by atoms with van der Waals surface area (Å²) in [6, 6.07) is -6.56. The smallest absolute Gasteiger partial charge is 0.325 e. The molecule has 1 fully saturated rings. The minimum atomic E-state index is -1.26. The molecule has 272 valence electrons. The van der Waals surface area contributed by atoms with Gasteiger partial charge in [0.15, 0.2) is 0 Å². The monoisotopic (exact) mass is 682 g/mol. The number of rotatable bonds is 19. The first kappa shape index (κ1) is 41.7. The van der Waals surface area contributed by atoms with Crippen LogP contribution in [0, 0.1) is 17.8 Å². The third kappa shape index (κ3) is 12.4. The summed E-state index contributed by atoms with van der Waals surface area (Å²) in [5.41, 5.74) is 10.9. The highest BCUT2D eigenvalue weighted by Crippen LogP contribution is 2.18. The molecule has 7 amide bonds. The topological polar surface area (TPSA) is 272 Å². The van der Waals surface area contributed by atoms with E-state index in [1.807, 2.05) is 13.8 Å². The minimum absolute atomic E-state index is 0.255. The maximum atomic E-state index is 13.6. The van der Waals surface area contributed by atoms with Crippen molar-refractivity contribution in [3.8, 4) is 0 Å². The highest BCUT2D eigenvalue weighted by atomic mass is 16.4. The molecule has 0 aromatic carbocycles. The number of amides is 7. The van der Waals surface area contributed by atoms with Crippen molar-refractivity contribution in [1.82, 2.24) is 31.5 Å². The van der Waals surface area contributed by atoms with Crippen molar-refractivity contribution in [3.63, 3.8) is 0 Å². The fraction of sp³-hybridized carbons (Fsp3) is 0.742. The van der Waals surface area contributed by atoms with Crippen molar-refractivity contribution >= 4 is 47.3 Å². The molecule has 0 saturated carbocycles. The van der Waals surface area contributed by atoms with Crippen molar-refractivity contribution < 1.29 is 43.5 Å². The van der Waals surface area contributed by atoms with E-state index in [-0.39, 0.29) is 18.4 Å². The largest absolute Gasteiger partial charge is 0.480 e. The zero-order chi connectivity index (χ0) is 36.9. The van der Waals surface area contributed by atoms with Crippen LogP contribution in [0.5, 0.6) is 0 Å². The number of primary amides is 1. The Kier molecular flexibility index (Phi) is 17.0. The first-order chi connectivity index (χ1) is 22.4. The highest BCUT2D eigenvalue weighted by molar-refractivity contribution is 5.97. The van der Waals surface area contributed by atoms with E-state index in [4.69, 9.17) is 16.6 Å². The van der Waals surface area contributed by atoms with Gasteiger partial charge in [-0.25, -0.2) is 0 Å². The van der Waals surface area contributed by atoms with Crippen LogP contribution >= 0.6 is 0 Å². The molecule has 0 aliphatic carbocycles. The molecule has 10 N–H and O–H groups in total. The summed E-state index contributed by atoms with van der Waals surface area (Å²) in [7, 11) is 0. The predicted octanol–water partition coefficient (Wildman–Crippen LogP) is -1.91. The van der Waals surface area contributed by atoms with E-state index >= 15 is 0 Å². The lowest BCUT2D eigenvalue weighted by Gasteiger charge is -2.31. The Morgan fingerprint density at radius 2 is 1.27 bits per heavy atom. The Morgan fingerprint density at radius 1 is 0.771 bits per heavy atom. The minimum Gasteiger partial charge on any atom is -0.480 e. The molecule has 1 aliphatic rings. The van der Waals surface area contributed by atoms with E-state index in [1.54, 1.807) is 27.7 Å². The highest BCUT2D eigenvalue weighted by Gasteiger charge is 2.37. The average Bonchev–Trinajstić information content (AvgIpc) is 3.52. The molecule has 1 saturated heterocycles. The van der Waals surface area contributed by atoms with Crippen molar-refractivity contribution in [1.29, 1.82) is 0 Å². The summed E-state index contributed by atoms with van der Waals surface area (Å²) in [6.45, 7) is 11.6. The molecular weight excluding hydrogens is 628 g/mol. The van der Waals surface area contributed by atoms with Crippen molar-refractivity contribution in [3.05, 3.63) is 0 Å². The maximum absolute atomic E-state index is 13.6. The Labute approximate surface area is 281 Å². The Hall–Kier alpha value is -4.28. The summed E-state index contributed by atoms with van der Waals surface area (Å²) < 4.78 is 0. The van der Waals surface area contributed by atoms with Crippen LogP contribution in [0.3, 0.4) is 0 Å². The lowest BCUT2D eigenvalue weighted by molar-refractivity contribution is -0.143. The van der Waals surface area contributed by atoms with Gasteiger partial charge in [0, 0.05) is 6.54 Å². The summed E-state index contributed by atoms with van der Waals surface area (Å²) in [5.74, 6) is -7.04. The van der Waals surface area contributed by atoms with Crippen molar-refractivity contribution in [2.24, 2.45) is 29.2 Å². The fourth-order valence-corrected chi connectivity index (χ4v) is 5.08. The second-order valence-electron chi connectivity index (χ2n) is 12.8. The molecule has 8 atom stereocenters. The van der Waals surface area contributed by atoms with Gasteiger partial charge >= 0.3 is 5.97 Å². The Morgan fingerprint density at radius 3 is 1.75 bits per heavy atom. The number of hydrogen-bond acceptors (Lipinski definition) is 9. The molecule has 0 radical (unpaired) electrons. The number of hydrogen-bond donors (Lipinski definition) is 8. The summed E-state index contributed by atoms with van der Waals surface area (Å²) >= 11 is 0. The lowest BCUT2D eigenvalue weighted by Crippen LogP contribution is -2.61. The van der Waals surface area contributed by atoms with Crippen LogP contribution in [0.15, 0.2) is 0 Å². The first-order valence-corrected chi connectivity index (χ1v) is 16.4. The van der Waals surface area contributed by atoms with Gasteiger partial charge in [-0.05, 0) is 37.5 Å². The number of likely N-dealkylation sites (tertiary alicyclic amines) is 1. The van der Waals surface area contributed by atoms with Crippen LogP contribution < -0.4 is 38.1 Å². The molecule has 0 bridgehead atoms. The second-order valence-corrected chi connectivity index (χ2v) is 12.8. The number of carbonyl (C=O) groups excluding carboxylic acids is 7. The quantitative estimate of drug-likeness (QED) is 0.0749. The molecule has 17 nitrogen and oxygen atoms in total. The van der Waals surface area contributed by atoms with Gasteiger partial charge in [-0.2, -0.15) is 0 Å². The molecule has 0 aromatic rings. The van der Waals surface area contributed by atoms with Gasteiger partial charge in [-0.3, -0.25) is 38.4 Å². The number of nitrogens with one attached hydrogen (secondary N) is 5. The van der Waals surface area contributed by atoms with Crippen LogP contribution in [0.4, 0.5) is 0 Å². The third-order valence-corrected chi connectivity index (χ3v) is 8.61. The number of carbonyl (C=O) groups is 8. The van der Waals surface area contributed by atoms with Crippen LogP contribution in [0.1, 0.15) is 80.6 Å². The molecule has 1 rings (SSSR count). The molecule has 0 aromatic heterocycles. The summed E-state index contributed by atoms with van der Waals surface area (Å²) in [6.07, 6.45) is 1.41. The van der Waals surface area contributed by atoms with Gasteiger partial charge in [0.2, 0.25) is 41.4 Å². The number of carboxylic acids is 1. The third-order valence-electron chi connectivity index (χ3n) is 8.61. The molecule has 1 aliphatic heterocycles. The van der Waals surface area contributed by atoms with E-state index in [1.165, 1.54) is 11.8 Å². The van der Waals surface area contributed by atoms with Crippen LogP contribution in [0.25, 0.3) is 0 Å². The van der Waals surface area contributed by atoms with Crippen LogP contribution in [-0.2, 0) is 38.4 Å². The first-order valence-electron chi connectivity index (χ1n) is 16.4. The van der Waals surface area contributed by atoms with Gasteiger partial charge in [0.25, 0.3) is 0 Å². The predicted molar refractivity (Wildman–Crippen MR) is 174 cm³/mol. The SMILES string of the molecule is CC[C@H](C)[C@H](NC(=O)[C@@H](NC(=O)[C@@H](N)CC(N)=O)C(C)C)C(=O)N[C@H](C(=O)NCC(=O)N1CCC[C@H]1C(=O)N[C@@H](C)C(=O)O)[C@@H](C)CC. The zero-order valence-corrected chi connectivity index (χ0v) is 29.0. The van der Waals surface area contributed by atoms with Crippen molar-refractivity contribution in [2.45, 2.75) is 117 Å². The van der Waals surface area contributed by atoms with Gasteiger partial charge < -0.3 is 48.1 Å². The van der Waals surface area contributed by atoms with Crippen LogP contribution in [-0.4, -0.2) is 107 Å². The molecule has 17 heteroatoms. The van der Waals surface area contributed by atoms with Gasteiger partial charge in [-0.15, -0.1) is 0 Å². The summed E-state index contributed by atoms with van der Waals surface area (Å²) in [5, 5.41) is 21.9.